The fourth-order valence-electron chi connectivity index (χ4n) is 6.61. The largest absolute Gasteiger partial charge is 0.508 e. The number of aromatic hydroxyl groups is 1. The van der Waals surface area contributed by atoms with Gasteiger partial charge in [-0.25, -0.2) is 0 Å². The predicted octanol–water partition coefficient (Wildman–Crippen LogP) is 1.54. The van der Waals surface area contributed by atoms with Crippen LogP contribution in [0.1, 0.15) is 61.6 Å². The number of nitrogens with two attached hydrogens (primary N) is 1. The van der Waals surface area contributed by atoms with Crippen molar-refractivity contribution < 1.29 is 39.9 Å². The van der Waals surface area contributed by atoms with Crippen LogP contribution in [0.4, 0.5) is 5.69 Å². The topological polar surface area (TPSA) is 182 Å². The molecule has 4 aliphatic rings. The van der Waals surface area contributed by atoms with Crippen LogP contribution in [0, 0.1) is 23.7 Å². The van der Waals surface area contributed by atoms with Crippen molar-refractivity contribution in [3.05, 3.63) is 39.7 Å². The number of amides is 1. The van der Waals surface area contributed by atoms with Crippen molar-refractivity contribution in [1.29, 1.82) is 0 Å². The fourth-order valence-corrected chi connectivity index (χ4v) is 6.61. The molecule has 4 aliphatic carbocycles. The molecule has 3 atom stereocenters. The molecule has 0 heterocycles. The second kappa shape index (κ2) is 9.14. The van der Waals surface area contributed by atoms with Crippen molar-refractivity contribution in [2.24, 2.45) is 17.6 Å². The van der Waals surface area contributed by atoms with Gasteiger partial charge in [-0.15, -0.1) is 0 Å². The number of aliphatic hydroxyl groups is 4. The van der Waals surface area contributed by atoms with E-state index in [1.807, 2.05) is 0 Å². The quantitative estimate of drug-likeness (QED) is 0.241. The third kappa shape index (κ3) is 3.99. The molecule has 1 amide bonds. The molecule has 1 aromatic rings. The molecule has 0 saturated heterocycles. The number of Topliss-reactive ketones (excluding diaryl/α,β-unsaturated/α-hetero) is 2. The second-order valence-corrected chi connectivity index (χ2v) is 11.3. The Kier molecular flexibility index (Phi) is 6.28. The molecule has 1 aromatic carbocycles. The number of phenolic OH excluding ortho intramolecular Hbond substituents is 1. The molecule has 2 fully saturated rings. The Hall–Kier alpha value is -3.81. The van der Waals surface area contributed by atoms with Gasteiger partial charge in [0, 0.05) is 37.7 Å². The summed E-state index contributed by atoms with van der Waals surface area (Å²) < 4.78 is 0. The van der Waals surface area contributed by atoms with Crippen LogP contribution in [0.15, 0.2) is 23.0 Å². The molecule has 0 unspecified atom stereocenters. The van der Waals surface area contributed by atoms with E-state index in [9.17, 15) is 39.9 Å². The smallest absolute Gasteiger partial charge is 0.255 e. The Bertz CT molecular complexity index is 1440. The number of hydrogen-bond donors (Lipinski definition) is 6. The minimum absolute atomic E-state index is 0.0201. The molecule has 39 heavy (non-hydrogen) atoms. The van der Waals surface area contributed by atoms with Crippen LogP contribution < -0.4 is 10.6 Å². The summed E-state index contributed by atoms with van der Waals surface area (Å²) in [5.74, 6) is -1.00. The summed E-state index contributed by atoms with van der Waals surface area (Å²) in [5.41, 5.74) is 1.75. The van der Waals surface area contributed by atoms with Gasteiger partial charge in [0.05, 0.1) is 11.1 Å². The molecule has 5 rings (SSSR count). The number of carbonyl (C=O) groups is 3. The minimum atomic E-state index is -2.61. The van der Waals surface area contributed by atoms with E-state index in [2.05, 4.69) is 11.8 Å². The summed E-state index contributed by atoms with van der Waals surface area (Å²) in [4.78, 5) is 39.9. The maximum atomic E-state index is 13.7. The standard InChI is InChI=1S/C29H32N2O8/c1-31(2)18-12-14(6-9-28(38)7-4-3-5-8-28)23(33)21-17(18)11-15-10-16-13-19(32)22(27(30)37)26(36)29(16,39)25(35)20(15)24(21)34/h12,15-16,33-34,36,38-39H,3-5,7-8,10-11,13H2,1-2H3,(H2,30,37)/t15-,16+,29+/m1/s1. The SMILES string of the molecule is CN(C)c1cc(C#CC2(O)CCCCC2)c(O)c2c1C[C@H]1C[C@H]3CC(=O)C(C(N)=O)=C(O)[C@@]3(O)C(=O)C1=C2O. The maximum Gasteiger partial charge on any atom is 0.255 e. The molecule has 0 aliphatic heterocycles. The number of primary amides is 1. The van der Waals surface area contributed by atoms with Crippen LogP contribution in [0.2, 0.25) is 0 Å². The van der Waals surface area contributed by atoms with Crippen molar-refractivity contribution in [2.45, 2.75) is 62.6 Å². The second-order valence-electron chi connectivity index (χ2n) is 11.3. The number of benzene rings is 1. The van der Waals surface area contributed by atoms with Crippen molar-refractivity contribution in [2.75, 3.05) is 19.0 Å². The van der Waals surface area contributed by atoms with Gasteiger partial charge in [-0.1, -0.05) is 18.3 Å². The van der Waals surface area contributed by atoms with E-state index in [0.29, 0.717) is 24.1 Å². The minimum Gasteiger partial charge on any atom is -0.508 e. The van der Waals surface area contributed by atoms with Gasteiger partial charge in [0.15, 0.2) is 11.4 Å². The number of phenols is 1. The Balaban J connectivity index is 1.68. The summed E-state index contributed by atoms with van der Waals surface area (Å²) in [6.07, 6.45) is 3.63. The number of carbonyl (C=O) groups excluding carboxylic acids is 3. The zero-order chi connectivity index (χ0) is 28.4. The van der Waals surface area contributed by atoms with E-state index in [1.165, 1.54) is 0 Å². The third-order valence-corrected chi connectivity index (χ3v) is 8.63. The number of ketones is 2. The molecule has 7 N–H and O–H groups in total. The third-order valence-electron chi connectivity index (χ3n) is 8.63. The lowest BCUT2D eigenvalue weighted by Crippen LogP contribution is -2.58. The van der Waals surface area contributed by atoms with E-state index >= 15 is 0 Å². The highest BCUT2D eigenvalue weighted by Crippen LogP contribution is 2.53. The lowest BCUT2D eigenvalue weighted by molar-refractivity contribution is -0.147. The fraction of sp³-hybridized carbons (Fsp3) is 0.483. The predicted molar refractivity (Wildman–Crippen MR) is 141 cm³/mol. The number of hydrogen-bond acceptors (Lipinski definition) is 9. The molecular formula is C29H32N2O8. The van der Waals surface area contributed by atoms with Gasteiger partial charge in [0.2, 0.25) is 5.78 Å². The normalized spacial score (nSPS) is 27.7. The summed E-state index contributed by atoms with van der Waals surface area (Å²) >= 11 is 0. The molecule has 10 nitrogen and oxygen atoms in total. The van der Waals surface area contributed by atoms with Gasteiger partial charge in [-0.3, -0.25) is 14.4 Å². The molecule has 0 aromatic heterocycles. The van der Waals surface area contributed by atoms with Crippen molar-refractivity contribution in [3.8, 4) is 17.6 Å². The van der Waals surface area contributed by atoms with Gasteiger partial charge in [0.1, 0.15) is 28.4 Å². The van der Waals surface area contributed by atoms with Crippen molar-refractivity contribution in [1.82, 2.24) is 0 Å². The lowest BCUT2D eigenvalue weighted by atomic mass is 9.59. The number of anilines is 1. The Labute approximate surface area is 225 Å². The maximum absolute atomic E-state index is 13.7. The highest BCUT2D eigenvalue weighted by Gasteiger charge is 2.60. The monoisotopic (exact) mass is 536 g/mol. The van der Waals surface area contributed by atoms with E-state index in [1.54, 1.807) is 25.1 Å². The first-order valence-electron chi connectivity index (χ1n) is 13.1. The van der Waals surface area contributed by atoms with Gasteiger partial charge in [-0.2, -0.15) is 0 Å². The summed E-state index contributed by atoms with van der Waals surface area (Å²) in [5, 5.41) is 55.7. The lowest BCUT2D eigenvalue weighted by Gasteiger charge is -2.46. The average Bonchev–Trinajstić information content (AvgIpc) is 2.85. The van der Waals surface area contributed by atoms with E-state index in [-0.39, 0.29) is 41.7 Å². The van der Waals surface area contributed by atoms with Crippen LogP contribution in [0.3, 0.4) is 0 Å². The van der Waals surface area contributed by atoms with Crippen LogP contribution in [0.5, 0.6) is 5.75 Å². The van der Waals surface area contributed by atoms with Gasteiger partial charge in [-0.05, 0) is 56.1 Å². The Morgan fingerprint density at radius 1 is 1.08 bits per heavy atom. The highest BCUT2D eigenvalue weighted by atomic mass is 16.3. The van der Waals surface area contributed by atoms with Crippen LogP contribution in [-0.4, -0.2) is 68.3 Å². The summed E-state index contributed by atoms with van der Waals surface area (Å²) in [6.45, 7) is 0. The van der Waals surface area contributed by atoms with Crippen molar-refractivity contribution in [3.63, 3.8) is 0 Å². The van der Waals surface area contributed by atoms with E-state index in [4.69, 9.17) is 5.73 Å². The molecule has 2 saturated carbocycles. The number of aliphatic hydroxyl groups excluding tert-OH is 2. The number of nitrogens with zero attached hydrogens (tertiary/aromatic N) is 1. The first-order chi connectivity index (χ1) is 18.3. The molecule has 0 bridgehead atoms. The molecule has 0 spiro atoms. The first-order valence-corrected chi connectivity index (χ1v) is 13.1. The molecule has 206 valence electrons. The van der Waals surface area contributed by atoms with Crippen LogP contribution in [0.25, 0.3) is 5.76 Å². The Morgan fingerprint density at radius 3 is 2.36 bits per heavy atom. The summed E-state index contributed by atoms with van der Waals surface area (Å²) in [7, 11) is 3.57. The first kappa shape index (κ1) is 26.8. The number of fused-ring (bicyclic) bond motifs is 3. The van der Waals surface area contributed by atoms with Gasteiger partial charge < -0.3 is 36.2 Å². The Morgan fingerprint density at radius 2 is 1.74 bits per heavy atom. The highest BCUT2D eigenvalue weighted by molar-refractivity contribution is 6.22. The average molecular weight is 537 g/mol. The zero-order valence-corrected chi connectivity index (χ0v) is 21.9. The van der Waals surface area contributed by atoms with E-state index in [0.717, 1.165) is 19.3 Å². The van der Waals surface area contributed by atoms with E-state index < -0.39 is 57.6 Å². The zero-order valence-electron chi connectivity index (χ0n) is 21.9. The van der Waals surface area contributed by atoms with Crippen molar-refractivity contribution >= 4 is 28.9 Å². The molecule has 0 radical (unpaired) electrons. The van der Waals surface area contributed by atoms with Gasteiger partial charge >= 0.3 is 0 Å². The summed E-state index contributed by atoms with van der Waals surface area (Å²) in [6, 6.07) is 1.67. The molecular weight excluding hydrogens is 504 g/mol. The molecule has 10 heteroatoms. The van der Waals surface area contributed by atoms with Crippen LogP contribution >= 0.6 is 0 Å². The van der Waals surface area contributed by atoms with Crippen LogP contribution in [-0.2, 0) is 20.8 Å². The van der Waals surface area contributed by atoms with Gasteiger partial charge in [0.25, 0.3) is 5.91 Å². The number of rotatable bonds is 2.